The van der Waals surface area contributed by atoms with Crippen LogP contribution < -0.4 is 0 Å². The second-order valence-electron chi connectivity index (χ2n) is 3.50. The predicted octanol–water partition coefficient (Wildman–Crippen LogP) is 5.31. The van der Waals surface area contributed by atoms with Crippen LogP contribution in [-0.4, -0.2) is 0 Å². The Morgan fingerprint density at radius 1 is 0.667 bits per heavy atom. The van der Waals surface area contributed by atoms with Gasteiger partial charge in [-0.25, -0.2) is 22.0 Å². The zero-order valence-electron chi connectivity index (χ0n) is 10.9. The molecule has 5 heteroatoms. The molecule has 0 heterocycles. The van der Waals surface area contributed by atoms with Crippen LogP contribution in [0.2, 0.25) is 0 Å². The topological polar surface area (TPSA) is 0 Å². The van der Waals surface area contributed by atoms with Crippen LogP contribution in [0, 0.1) is 29.1 Å². The lowest BCUT2D eigenvalue weighted by Gasteiger charge is -2.15. The quantitative estimate of drug-likeness (QED) is 0.396. The zero-order chi connectivity index (χ0) is 14.5. The van der Waals surface area contributed by atoms with Crippen molar-refractivity contribution in [3.8, 4) is 0 Å². The molecule has 0 aromatic heterocycles. The molecule has 0 spiro atoms. The molecule has 18 heavy (non-hydrogen) atoms. The van der Waals surface area contributed by atoms with E-state index in [2.05, 4.69) is 0 Å². The van der Waals surface area contributed by atoms with Crippen molar-refractivity contribution in [2.75, 3.05) is 0 Å². The second kappa shape index (κ2) is 7.34. The Labute approximate surface area is 104 Å². The summed E-state index contributed by atoms with van der Waals surface area (Å²) in [6.07, 6.45) is 0.629. The van der Waals surface area contributed by atoms with Crippen LogP contribution in [0.3, 0.4) is 0 Å². The first-order chi connectivity index (χ1) is 8.45. The van der Waals surface area contributed by atoms with E-state index < -0.39 is 40.6 Å². The van der Waals surface area contributed by atoms with Gasteiger partial charge in [0.25, 0.3) is 0 Å². The molecule has 0 nitrogen and oxygen atoms in total. The summed E-state index contributed by atoms with van der Waals surface area (Å²) in [5.74, 6) is -9.95. The number of rotatable bonds is 3. The van der Waals surface area contributed by atoms with E-state index in [-0.39, 0.29) is 0 Å². The van der Waals surface area contributed by atoms with Gasteiger partial charge in [0.05, 0.1) is 0 Å². The molecule has 0 N–H and O–H groups in total. The molecule has 0 amide bonds. The van der Waals surface area contributed by atoms with Gasteiger partial charge in [0.1, 0.15) is 0 Å². The highest BCUT2D eigenvalue weighted by atomic mass is 19.2. The van der Waals surface area contributed by atoms with Crippen LogP contribution in [0.1, 0.15) is 52.0 Å². The summed E-state index contributed by atoms with van der Waals surface area (Å²) in [5.41, 5.74) is -0.707. The average molecular weight is 268 g/mol. The highest BCUT2D eigenvalue weighted by Gasteiger charge is 2.28. The highest BCUT2D eigenvalue weighted by molar-refractivity contribution is 5.27. The van der Waals surface area contributed by atoms with Crippen LogP contribution in [0.4, 0.5) is 22.0 Å². The Morgan fingerprint density at radius 3 is 1.22 bits per heavy atom. The molecule has 0 saturated heterocycles. The second-order valence-corrected chi connectivity index (χ2v) is 3.50. The van der Waals surface area contributed by atoms with E-state index in [4.69, 9.17) is 0 Å². The summed E-state index contributed by atoms with van der Waals surface area (Å²) in [7, 11) is 0. The number of hydrogen-bond acceptors (Lipinski definition) is 0. The fourth-order valence-electron chi connectivity index (χ4n) is 1.68. The summed E-state index contributed by atoms with van der Waals surface area (Å²) >= 11 is 0. The molecule has 0 atom stereocenters. The average Bonchev–Trinajstić information content (AvgIpc) is 2.41. The summed E-state index contributed by atoms with van der Waals surface area (Å²) in [4.78, 5) is 0. The molecular weight excluding hydrogens is 251 g/mol. The summed E-state index contributed by atoms with van der Waals surface area (Å²) in [6, 6.07) is 0. The minimum Gasteiger partial charge on any atom is -0.203 e. The molecule has 0 fully saturated rings. The summed E-state index contributed by atoms with van der Waals surface area (Å²) in [6.45, 7) is 7.26. The maximum absolute atomic E-state index is 13.3. The Bertz CT molecular complexity index is 368. The van der Waals surface area contributed by atoms with E-state index in [1.165, 1.54) is 0 Å². The van der Waals surface area contributed by atoms with Crippen molar-refractivity contribution in [1.82, 2.24) is 0 Å². The summed E-state index contributed by atoms with van der Waals surface area (Å²) in [5, 5.41) is 0. The highest BCUT2D eigenvalue weighted by Crippen LogP contribution is 2.32. The lowest BCUT2D eigenvalue weighted by atomic mass is 9.92. The molecule has 0 radical (unpaired) electrons. The fourth-order valence-corrected chi connectivity index (χ4v) is 1.68. The Kier molecular flexibility index (Phi) is 6.88. The third kappa shape index (κ3) is 3.00. The molecule has 0 aliphatic carbocycles. The lowest BCUT2D eigenvalue weighted by molar-refractivity contribution is 0.361. The lowest BCUT2D eigenvalue weighted by Crippen LogP contribution is -2.10. The van der Waals surface area contributed by atoms with Crippen LogP contribution >= 0.6 is 0 Å². The Morgan fingerprint density at radius 2 is 0.944 bits per heavy atom. The van der Waals surface area contributed by atoms with Gasteiger partial charge in [-0.15, -0.1) is 0 Å². The van der Waals surface area contributed by atoms with Gasteiger partial charge in [-0.2, -0.15) is 0 Å². The van der Waals surface area contributed by atoms with E-state index in [0.29, 0.717) is 12.8 Å². The first-order valence-corrected chi connectivity index (χ1v) is 5.96. The van der Waals surface area contributed by atoms with E-state index in [1.54, 1.807) is 13.8 Å². The maximum atomic E-state index is 13.3. The molecule has 0 unspecified atom stereocenters. The van der Waals surface area contributed by atoms with E-state index in [0.717, 1.165) is 0 Å². The van der Waals surface area contributed by atoms with E-state index in [9.17, 15) is 22.0 Å². The van der Waals surface area contributed by atoms with Crippen molar-refractivity contribution in [3.63, 3.8) is 0 Å². The van der Waals surface area contributed by atoms with Gasteiger partial charge in [0, 0.05) is 5.56 Å². The SMILES string of the molecule is CC.CCC(CC)c1c(F)c(F)c(F)c(F)c1F. The zero-order valence-corrected chi connectivity index (χ0v) is 10.9. The number of halogens is 5. The minimum atomic E-state index is -2.11. The largest absolute Gasteiger partial charge is 0.203 e. The maximum Gasteiger partial charge on any atom is 0.200 e. The van der Waals surface area contributed by atoms with Gasteiger partial charge in [-0.05, 0) is 18.8 Å². The molecule has 0 aliphatic heterocycles. The number of hydrogen-bond donors (Lipinski definition) is 0. The van der Waals surface area contributed by atoms with Crippen molar-refractivity contribution in [1.29, 1.82) is 0 Å². The fraction of sp³-hybridized carbons (Fsp3) is 0.538. The molecule has 1 rings (SSSR count). The molecule has 1 aromatic carbocycles. The molecule has 0 aliphatic rings. The van der Waals surface area contributed by atoms with Gasteiger partial charge >= 0.3 is 0 Å². The molecule has 104 valence electrons. The van der Waals surface area contributed by atoms with Crippen LogP contribution in [0.25, 0.3) is 0 Å². The third-order valence-corrected chi connectivity index (χ3v) is 2.64. The van der Waals surface area contributed by atoms with Gasteiger partial charge in [-0.1, -0.05) is 27.7 Å². The normalized spacial score (nSPS) is 10.3. The van der Waals surface area contributed by atoms with Crippen LogP contribution in [0.15, 0.2) is 0 Å². The third-order valence-electron chi connectivity index (χ3n) is 2.64. The van der Waals surface area contributed by atoms with E-state index >= 15 is 0 Å². The van der Waals surface area contributed by atoms with Gasteiger partial charge < -0.3 is 0 Å². The van der Waals surface area contributed by atoms with Crippen molar-refractivity contribution in [3.05, 3.63) is 34.6 Å². The minimum absolute atomic E-state index is 0.314. The molecule has 1 aromatic rings. The van der Waals surface area contributed by atoms with Crippen molar-refractivity contribution in [2.45, 2.75) is 46.5 Å². The first-order valence-electron chi connectivity index (χ1n) is 5.96. The molecule has 0 bridgehead atoms. The first kappa shape index (κ1) is 16.9. The van der Waals surface area contributed by atoms with E-state index in [1.807, 2.05) is 13.8 Å². The summed E-state index contributed by atoms with van der Waals surface area (Å²) < 4.78 is 65.1. The standard InChI is InChI=1S/C11H11F5.C2H6/c1-3-5(4-2)6-7(12)9(14)11(16)10(15)8(6)13;1-2/h5H,3-4H2,1-2H3;1-2H3. The van der Waals surface area contributed by atoms with Crippen LogP contribution in [0.5, 0.6) is 0 Å². The van der Waals surface area contributed by atoms with Crippen molar-refractivity contribution >= 4 is 0 Å². The van der Waals surface area contributed by atoms with Gasteiger partial charge in [-0.3, -0.25) is 0 Å². The van der Waals surface area contributed by atoms with Gasteiger partial charge in [0.15, 0.2) is 23.3 Å². The Balaban J connectivity index is 0.00000137. The molecular formula is C13H17F5. The van der Waals surface area contributed by atoms with Crippen LogP contribution in [-0.2, 0) is 0 Å². The smallest absolute Gasteiger partial charge is 0.200 e. The number of benzene rings is 1. The monoisotopic (exact) mass is 268 g/mol. The Hall–Kier alpha value is -1.13. The van der Waals surface area contributed by atoms with Gasteiger partial charge in [0.2, 0.25) is 5.82 Å². The van der Waals surface area contributed by atoms with Crippen molar-refractivity contribution in [2.24, 2.45) is 0 Å². The molecule has 0 saturated carbocycles. The van der Waals surface area contributed by atoms with Crippen molar-refractivity contribution < 1.29 is 22.0 Å². The predicted molar refractivity (Wildman–Crippen MR) is 60.9 cm³/mol.